The zero-order valence-corrected chi connectivity index (χ0v) is 11.9. The molecule has 0 spiro atoms. The fraction of sp³-hybridized carbons (Fsp3) is 0.583. The van der Waals surface area contributed by atoms with Gasteiger partial charge in [-0.15, -0.1) is 12.4 Å². The summed E-state index contributed by atoms with van der Waals surface area (Å²) in [6, 6.07) is 0. The van der Waals surface area contributed by atoms with Gasteiger partial charge in [0, 0.05) is 12.1 Å². The summed E-state index contributed by atoms with van der Waals surface area (Å²) in [5.74, 6) is -0.253. The van der Waals surface area contributed by atoms with Crippen molar-refractivity contribution in [3.8, 4) is 0 Å². The molecule has 0 bridgehead atoms. The van der Waals surface area contributed by atoms with Gasteiger partial charge in [0.2, 0.25) is 11.8 Å². The van der Waals surface area contributed by atoms with Gasteiger partial charge < -0.3 is 16.8 Å². The molecule has 1 heterocycles. The highest BCUT2D eigenvalue weighted by Crippen LogP contribution is 2.31. The molecule has 20 heavy (non-hydrogen) atoms. The molecule has 1 aliphatic rings. The maximum atomic E-state index is 12.1. The number of nitrogens with one attached hydrogen (secondary N) is 1. The minimum absolute atomic E-state index is 0. The summed E-state index contributed by atoms with van der Waals surface area (Å²) in [4.78, 5) is 22.9. The van der Waals surface area contributed by atoms with Gasteiger partial charge in [-0.25, -0.2) is 0 Å². The zero-order chi connectivity index (χ0) is 13.8. The SMILES string of the molecule is Cl.NC[C@H]1CCC[C@H]1C(=O)Nc1cnn(CC(N)=O)c1. The van der Waals surface area contributed by atoms with Crippen molar-refractivity contribution in [2.75, 3.05) is 11.9 Å². The zero-order valence-electron chi connectivity index (χ0n) is 11.1. The summed E-state index contributed by atoms with van der Waals surface area (Å²) in [6.45, 7) is 0.545. The summed E-state index contributed by atoms with van der Waals surface area (Å²) >= 11 is 0. The number of hydrogen-bond donors (Lipinski definition) is 3. The van der Waals surface area contributed by atoms with Gasteiger partial charge in [-0.2, -0.15) is 5.10 Å². The van der Waals surface area contributed by atoms with Crippen molar-refractivity contribution in [1.82, 2.24) is 9.78 Å². The van der Waals surface area contributed by atoms with Crippen LogP contribution < -0.4 is 16.8 Å². The van der Waals surface area contributed by atoms with E-state index in [-0.39, 0.29) is 36.7 Å². The van der Waals surface area contributed by atoms with Crippen LogP contribution in [0.25, 0.3) is 0 Å². The number of rotatable bonds is 5. The molecule has 5 N–H and O–H groups in total. The van der Waals surface area contributed by atoms with E-state index in [0.29, 0.717) is 12.2 Å². The lowest BCUT2D eigenvalue weighted by Crippen LogP contribution is -2.29. The first-order valence-corrected chi connectivity index (χ1v) is 6.42. The third-order valence-electron chi connectivity index (χ3n) is 3.52. The van der Waals surface area contributed by atoms with Crippen LogP contribution in [0.15, 0.2) is 12.4 Å². The van der Waals surface area contributed by atoms with Gasteiger partial charge in [0.15, 0.2) is 0 Å². The molecule has 2 amide bonds. The second-order valence-electron chi connectivity index (χ2n) is 4.92. The number of carbonyl (C=O) groups is 2. The number of amides is 2. The predicted octanol–water partition coefficient (Wildman–Crippen LogP) is 0.104. The van der Waals surface area contributed by atoms with Crippen molar-refractivity contribution in [3.63, 3.8) is 0 Å². The molecule has 1 aliphatic carbocycles. The van der Waals surface area contributed by atoms with Crippen molar-refractivity contribution in [2.24, 2.45) is 23.3 Å². The van der Waals surface area contributed by atoms with E-state index in [9.17, 15) is 9.59 Å². The lowest BCUT2D eigenvalue weighted by Gasteiger charge is -2.16. The van der Waals surface area contributed by atoms with E-state index in [2.05, 4.69) is 10.4 Å². The predicted molar refractivity (Wildman–Crippen MR) is 77.2 cm³/mol. The van der Waals surface area contributed by atoms with E-state index in [1.807, 2.05) is 0 Å². The highest BCUT2D eigenvalue weighted by Gasteiger charge is 2.31. The number of nitrogens with two attached hydrogens (primary N) is 2. The minimum atomic E-state index is -0.472. The maximum Gasteiger partial charge on any atom is 0.239 e. The first-order valence-electron chi connectivity index (χ1n) is 6.42. The Labute approximate surface area is 123 Å². The molecule has 7 nitrogen and oxygen atoms in total. The van der Waals surface area contributed by atoms with E-state index in [1.54, 1.807) is 6.20 Å². The maximum absolute atomic E-state index is 12.1. The molecular weight excluding hydrogens is 282 g/mol. The minimum Gasteiger partial charge on any atom is -0.368 e. The Kier molecular flexibility index (Phi) is 5.97. The molecule has 1 fully saturated rings. The smallest absolute Gasteiger partial charge is 0.239 e. The number of carbonyl (C=O) groups excluding carboxylic acids is 2. The van der Waals surface area contributed by atoms with E-state index in [0.717, 1.165) is 19.3 Å². The normalized spacial score (nSPS) is 21.2. The Morgan fingerprint density at radius 1 is 1.45 bits per heavy atom. The van der Waals surface area contributed by atoms with E-state index < -0.39 is 5.91 Å². The Morgan fingerprint density at radius 2 is 2.20 bits per heavy atom. The van der Waals surface area contributed by atoms with Gasteiger partial charge in [0.1, 0.15) is 6.54 Å². The summed E-state index contributed by atoms with van der Waals surface area (Å²) in [5.41, 5.74) is 11.3. The van der Waals surface area contributed by atoms with E-state index in [1.165, 1.54) is 10.9 Å². The second-order valence-corrected chi connectivity index (χ2v) is 4.92. The average Bonchev–Trinajstić information content (AvgIpc) is 2.96. The van der Waals surface area contributed by atoms with E-state index in [4.69, 9.17) is 11.5 Å². The molecule has 8 heteroatoms. The second kappa shape index (κ2) is 7.25. The number of primary amides is 1. The molecule has 1 aromatic rings. The molecule has 2 atom stereocenters. The fourth-order valence-electron chi connectivity index (χ4n) is 2.57. The molecule has 0 aliphatic heterocycles. The standard InChI is InChI=1S/C12H19N5O2.ClH/c13-4-8-2-1-3-10(8)12(19)16-9-5-15-17(6-9)7-11(14)18;/h5-6,8,10H,1-4,7,13H2,(H2,14,18)(H,16,19);1H/t8-,10-;/m1./s1. The molecular formula is C12H20ClN5O2. The molecule has 1 aromatic heterocycles. The van der Waals surface area contributed by atoms with Crippen molar-refractivity contribution >= 4 is 29.9 Å². The van der Waals surface area contributed by atoms with Crippen LogP contribution in [-0.4, -0.2) is 28.1 Å². The van der Waals surface area contributed by atoms with Crippen LogP contribution >= 0.6 is 12.4 Å². The lowest BCUT2D eigenvalue weighted by atomic mass is 9.95. The summed E-state index contributed by atoms with van der Waals surface area (Å²) in [5, 5.41) is 6.76. The summed E-state index contributed by atoms with van der Waals surface area (Å²) in [6.07, 6.45) is 6.03. The van der Waals surface area contributed by atoms with Crippen molar-refractivity contribution < 1.29 is 9.59 Å². The van der Waals surface area contributed by atoms with Crippen LogP contribution in [0, 0.1) is 11.8 Å². The lowest BCUT2D eigenvalue weighted by molar-refractivity contribution is -0.121. The van der Waals surface area contributed by atoms with Gasteiger partial charge in [0.05, 0.1) is 11.9 Å². The molecule has 0 saturated heterocycles. The average molecular weight is 302 g/mol. The number of nitrogens with zero attached hydrogens (tertiary/aromatic N) is 2. The van der Waals surface area contributed by atoms with Gasteiger partial charge in [-0.3, -0.25) is 14.3 Å². The van der Waals surface area contributed by atoms with Gasteiger partial charge in [-0.1, -0.05) is 6.42 Å². The Hall–Kier alpha value is -1.60. The van der Waals surface area contributed by atoms with Crippen LogP contribution in [0.3, 0.4) is 0 Å². The van der Waals surface area contributed by atoms with Crippen molar-refractivity contribution in [2.45, 2.75) is 25.8 Å². The first-order chi connectivity index (χ1) is 9.10. The number of halogens is 1. The van der Waals surface area contributed by atoms with Crippen LogP contribution in [0.5, 0.6) is 0 Å². The number of anilines is 1. The molecule has 0 aromatic carbocycles. The summed E-state index contributed by atoms with van der Waals surface area (Å²) in [7, 11) is 0. The molecule has 2 rings (SSSR count). The van der Waals surface area contributed by atoms with Gasteiger partial charge in [-0.05, 0) is 25.3 Å². The van der Waals surface area contributed by atoms with Gasteiger partial charge >= 0.3 is 0 Å². The number of hydrogen-bond acceptors (Lipinski definition) is 4. The Morgan fingerprint density at radius 3 is 2.85 bits per heavy atom. The van der Waals surface area contributed by atoms with Crippen molar-refractivity contribution in [1.29, 1.82) is 0 Å². The van der Waals surface area contributed by atoms with Crippen LogP contribution in [0.2, 0.25) is 0 Å². The largest absolute Gasteiger partial charge is 0.368 e. The molecule has 112 valence electrons. The highest BCUT2D eigenvalue weighted by molar-refractivity contribution is 5.92. The monoisotopic (exact) mass is 301 g/mol. The van der Waals surface area contributed by atoms with Crippen LogP contribution in [0.1, 0.15) is 19.3 Å². The summed E-state index contributed by atoms with van der Waals surface area (Å²) < 4.78 is 1.40. The third kappa shape index (κ3) is 3.94. The number of aromatic nitrogens is 2. The molecule has 0 radical (unpaired) electrons. The Balaban J connectivity index is 0.00000200. The Bertz CT molecular complexity index is 476. The third-order valence-corrected chi connectivity index (χ3v) is 3.52. The van der Waals surface area contributed by atoms with Crippen molar-refractivity contribution in [3.05, 3.63) is 12.4 Å². The van der Waals surface area contributed by atoms with Crippen LogP contribution in [0.4, 0.5) is 5.69 Å². The molecule has 0 unspecified atom stereocenters. The van der Waals surface area contributed by atoms with Gasteiger partial charge in [0.25, 0.3) is 0 Å². The topological polar surface area (TPSA) is 116 Å². The molecule has 1 saturated carbocycles. The first kappa shape index (κ1) is 16.5. The van der Waals surface area contributed by atoms with Crippen LogP contribution in [-0.2, 0) is 16.1 Å². The quantitative estimate of drug-likeness (QED) is 0.715. The fourth-order valence-corrected chi connectivity index (χ4v) is 2.57. The van der Waals surface area contributed by atoms with E-state index >= 15 is 0 Å². The highest BCUT2D eigenvalue weighted by atomic mass is 35.5.